The molecule has 4 amide bonds. The molecule has 1 saturated heterocycles. The summed E-state index contributed by atoms with van der Waals surface area (Å²) in [6, 6.07) is 8.89. The second-order valence-corrected chi connectivity index (χ2v) is 8.58. The number of imide groups is 1. The SMILES string of the molecule is [B]C(NC(=O)C(F)(F)c1ccc(Cl)cc1)c1ccc2c(c1)CN([C@]1([B])CCC(=O)NC1=O)C2=O. The normalized spacial score (nSPS) is 21.1. The van der Waals surface area contributed by atoms with E-state index in [0.29, 0.717) is 5.56 Å². The number of piperidine rings is 1. The van der Waals surface area contributed by atoms with E-state index in [2.05, 4.69) is 10.6 Å². The lowest BCUT2D eigenvalue weighted by Gasteiger charge is -2.40. The first-order valence-corrected chi connectivity index (χ1v) is 10.6. The molecule has 12 heteroatoms. The van der Waals surface area contributed by atoms with Crippen LogP contribution in [0.3, 0.4) is 0 Å². The fraction of sp³-hybridized carbons (Fsp3) is 0.273. The van der Waals surface area contributed by atoms with E-state index in [1.165, 1.54) is 30.3 Å². The Morgan fingerprint density at radius 3 is 2.50 bits per heavy atom. The van der Waals surface area contributed by atoms with Crippen molar-refractivity contribution in [2.45, 2.75) is 36.7 Å². The molecule has 2 heterocycles. The molecular formula is C22H16B2ClF2N3O4. The Bertz CT molecular complexity index is 1210. The number of nitrogens with zero attached hydrogens (tertiary/aromatic N) is 1. The average molecular weight is 481 g/mol. The molecule has 0 spiro atoms. The minimum atomic E-state index is -3.86. The molecule has 0 aliphatic carbocycles. The number of hydrogen-bond donors (Lipinski definition) is 2. The molecule has 2 aliphatic heterocycles. The van der Waals surface area contributed by atoms with Gasteiger partial charge in [0, 0.05) is 35.1 Å². The van der Waals surface area contributed by atoms with E-state index >= 15 is 0 Å². The van der Waals surface area contributed by atoms with Gasteiger partial charge in [-0.15, -0.1) is 0 Å². The van der Waals surface area contributed by atoms with E-state index in [-0.39, 0.29) is 35.5 Å². The number of benzene rings is 2. The van der Waals surface area contributed by atoms with Gasteiger partial charge < -0.3 is 10.2 Å². The van der Waals surface area contributed by atoms with Crippen LogP contribution in [0, 0.1) is 0 Å². The first kappa shape index (κ1) is 23.9. The summed E-state index contributed by atoms with van der Waals surface area (Å²) in [4.78, 5) is 50.1. The summed E-state index contributed by atoms with van der Waals surface area (Å²) in [6.45, 7) is -0.0539. The highest BCUT2D eigenvalue weighted by Gasteiger charge is 2.48. The van der Waals surface area contributed by atoms with Crippen LogP contribution in [0.25, 0.3) is 0 Å². The van der Waals surface area contributed by atoms with Gasteiger partial charge in [0.25, 0.3) is 11.8 Å². The zero-order chi connectivity index (χ0) is 24.8. The molecule has 34 heavy (non-hydrogen) atoms. The van der Waals surface area contributed by atoms with Crippen molar-refractivity contribution in [3.05, 3.63) is 69.7 Å². The van der Waals surface area contributed by atoms with Gasteiger partial charge in [-0.1, -0.05) is 35.9 Å². The lowest BCUT2D eigenvalue weighted by Crippen LogP contribution is -2.63. The van der Waals surface area contributed by atoms with Crippen LogP contribution in [0.5, 0.6) is 0 Å². The van der Waals surface area contributed by atoms with Crippen molar-refractivity contribution in [2.75, 3.05) is 0 Å². The first-order valence-electron chi connectivity index (χ1n) is 10.2. The minimum absolute atomic E-state index is 0.0215. The Morgan fingerprint density at radius 1 is 1.18 bits per heavy atom. The quantitative estimate of drug-likeness (QED) is 0.502. The van der Waals surface area contributed by atoms with Crippen LogP contribution < -0.4 is 10.6 Å². The largest absolute Gasteiger partial charge is 0.352 e. The summed E-state index contributed by atoms with van der Waals surface area (Å²) in [5.41, 5.74) is -1.28. The molecule has 0 aromatic heterocycles. The summed E-state index contributed by atoms with van der Waals surface area (Å²) in [5.74, 6) is -8.54. The number of carbonyl (C=O) groups is 4. The molecule has 0 bridgehead atoms. The minimum Gasteiger partial charge on any atom is -0.352 e. The van der Waals surface area contributed by atoms with E-state index in [4.69, 9.17) is 27.3 Å². The Labute approximate surface area is 201 Å². The maximum absolute atomic E-state index is 14.6. The number of hydrogen-bond acceptors (Lipinski definition) is 4. The van der Waals surface area contributed by atoms with Gasteiger partial charge in [0.15, 0.2) is 0 Å². The molecule has 2 aromatic carbocycles. The number of rotatable bonds is 5. The predicted octanol–water partition coefficient (Wildman–Crippen LogP) is 1.67. The van der Waals surface area contributed by atoms with Crippen LogP contribution >= 0.6 is 11.6 Å². The molecule has 4 radical (unpaired) electrons. The highest BCUT2D eigenvalue weighted by Crippen LogP contribution is 2.34. The van der Waals surface area contributed by atoms with Gasteiger partial charge in [-0.3, -0.25) is 24.5 Å². The van der Waals surface area contributed by atoms with Crippen LogP contribution in [0.2, 0.25) is 5.02 Å². The molecule has 4 rings (SSSR count). The highest BCUT2D eigenvalue weighted by atomic mass is 35.5. The van der Waals surface area contributed by atoms with Gasteiger partial charge >= 0.3 is 5.92 Å². The molecule has 2 aromatic rings. The monoisotopic (exact) mass is 481 g/mol. The van der Waals surface area contributed by atoms with Crippen LogP contribution in [-0.4, -0.2) is 49.7 Å². The van der Waals surface area contributed by atoms with E-state index < -0.39 is 46.5 Å². The molecule has 0 saturated carbocycles. The van der Waals surface area contributed by atoms with E-state index in [0.717, 1.165) is 17.0 Å². The van der Waals surface area contributed by atoms with Gasteiger partial charge in [0.1, 0.15) is 15.7 Å². The van der Waals surface area contributed by atoms with Gasteiger partial charge in [0.2, 0.25) is 11.8 Å². The third-order valence-electron chi connectivity index (χ3n) is 5.93. The molecular weight excluding hydrogens is 465 g/mol. The number of halogens is 3. The lowest BCUT2D eigenvalue weighted by molar-refractivity contribution is -0.147. The molecule has 1 fully saturated rings. The zero-order valence-corrected chi connectivity index (χ0v) is 18.4. The highest BCUT2D eigenvalue weighted by molar-refractivity contribution is 6.32. The Morgan fingerprint density at radius 2 is 1.85 bits per heavy atom. The second kappa shape index (κ2) is 8.54. The van der Waals surface area contributed by atoms with E-state index in [9.17, 15) is 28.0 Å². The van der Waals surface area contributed by atoms with Crippen LogP contribution in [-0.2, 0) is 26.9 Å². The van der Waals surface area contributed by atoms with Crippen LogP contribution in [0.1, 0.15) is 45.8 Å². The van der Waals surface area contributed by atoms with Crippen molar-refractivity contribution in [3.8, 4) is 0 Å². The van der Waals surface area contributed by atoms with Gasteiger partial charge in [-0.2, -0.15) is 8.78 Å². The fourth-order valence-electron chi connectivity index (χ4n) is 3.93. The predicted molar refractivity (Wildman–Crippen MR) is 119 cm³/mol. The molecule has 2 N–H and O–H groups in total. The standard InChI is InChI=1S/C22H16B2ClF2N3O4/c23-17(29-20(34)22(26,27)13-2-4-14(25)5-3-13)11-1-6-15-12(9-11)10-30(18(15)32)21(24)8-7-16(31)28-19(21)33/h1-6,9,17H,7-8,10H2,(H,29,34)(H,28,31,33)/t17?,21-/m1/s1. The summed E-state index contributed by atoms with van der Waals surface area (Å²) >= 11 is 5.71. The molecule has 170 valence electrons. The molecule has 1 unspecified atom stereocenters. The number of nitrogens with one attached hydrogen (secondary N) is 2. The fourth-order valence-corrected chi connectivity index (χ4v) is 4.06. The smallest absolute Gasteiger partial charge is 0.349 e. The van der Waals surface area contributed by atoms with Gasteiger partial charge in [-0.25, -0.2) is 0 Å². The number of alkyl halides is 2. The summed E-state index contributed by atoms with van der Waals surface area (Å²) < 4.78 is 29.1. The summed E-state index contributed by atoms with van der Waals surface area (Å²) in [5, 5.41) is 4.46. The van der Waals surface area contributed by atoms with Crippen LogP contribution in [0.4, 0.5) is 8.78 Å². The van der Waals surface area contributed by atoms with Crippen molar-refractivity contribution in [2.24, 2.45) is 0 Å². The third kappa shape index (κ3) is 4.09. The lowest BCUT2D eigenvalue weighted by atomic mass is 9.70. The van der Waals surface area contributed by atoms with Crippen LogP contribution in [0.15, 0.2) is 42.5 Å². The topological polar surface area (TPSA) is 95.6 Å². The van der Waals surface area contributed by atoms with Crippen molar-refractivity contribution < 1.29 is 28.0 Å². The maximum atomic E-state index is 14.6. The zero-order valence-electron chi connectivity index (χ0n) is 17.6. The van der Waals surface area contributed by atoms with Crippen molar-refractivity contribution in [3.63, 3.8) is 0 Å². The molecule has 2 aliphatic rings. The van der Waals surface area contributed by atoms with Gasteiger partial charge in [0.05, 0.1) is 5.44 Å². The summed E-state index contributed by atoms with van der Waals surface area (Å²) in [7, 11) is 12.1. The third-order valence-corrected chi connectivity index (χ3v) is 6.18. The second-order valence-electron chi connectivity index (χ2n) is 8.14. The Balaban J connectivity index is 1.51. The molecule has 7 nitrogen and oxygen atoms in total. The van der Waals surface area contributed by atoms with Gasteiger partial charge in [-0.05, 0) is 35.7 Å². The van der Waals surface area contributed by atoms with Crippen molar-refractivity contribution in [1.29, 1.82) is 0 Å². The Hall–Kier alpha value is -3.20. The average Bonchev–Trinajstić information content (AvgIpc) is 3.13. The molecule has 2 atom stereocenters. The summed E-state index contributed by atoms with van der Waals surface area (Å²) in [6.07, 6.45) is -0.0635. The maximum Gasteiger partial charge on any atom is 0.349 e. The number of amides is 4. The first-order chi connectivity index (χ1) is 15.9. The van der Waals surface area contributed by atoms with E-state index in [1.54, 1.807) is 0 Å². The Kier molecular flexibility index (Phi) is 6.01. The van der Waals surface area contributed by atoms with E-state index in [1.807, 2.05) is 0 Å². The number of fused-ring (bicyclic) bond motifs is 1. The van der Waals surface area contributed by atoms with Crippen molar-refractivity contribution in [1.82, 2.24) is 15.5 Å². The van der Waals surface area contributed by atoms with Crippen molar-refractivity contribution >= 4 is 50.9 Å². The number of carbonyl (C=O) groups excluding carboxylic acids is 4.